The summed E-state index contributed by atoms with van der Waals surface area (Å²) < 4.78 is 11.2. The fourth-order valence-corrected chi connectivity index (χ4v) is 3.28. The highest BCUT2D eigenvalue weighted by Gasteiger charge is 2.18. The predicted octanol–water partition coefficient (Wildman–Crippen LogP) is 4.86. The lowest BCUT2D eigenvalue weighted by atomic mass is 9.90. The first-order chi connectivity index (χ1) is 11.2. The number of ether oxygens (including phenoxy) is 1. The van der Waals surface area contributed by atoms with E-state index in [1.165, 1.54) is 5.56 Å². The molecule has 0 radical (unpaired) electrons. The van der Waals surface area contributed by atoms with Crippen LogP contribution in [-0.4, -0.2) is 12.2 Å². The van der Waals surface area contributed by atoms with Crippen molar-refractivity contribution in [3.05, 3.63) is 53.1 Å². The molecule has 0 bridgehead atoms. The van der Waals surface area contributed by atoms with Gasteiger partial charge in [-0.3, -0.25) is 0 Å². The molecule has 1 N–H and O–H groups in total. The smallest absolute Gasteiger partial charge is 0.288 e. The van der Waals surface area contributed by atoms with E-state index in [9.17, 15) is 5.11 Å². The molecule has 2 aromatic carbocycles. The molecule has 23 heavy (non-hydrogen) atoms. The number of hydrogen-bond donors (Lipinski definition) is 1. The molecule has 0 unspecified atom stereocenters. The molecule has 3 aromatic rings. The zero-order valence-electron chi connectivity index (χ0n) is 13.8. The molecule has 3 nitrogen and oxygen atoms in total. The number of aliphatic hydroxyl groups is 1. The quantitative estimate of drug-likeness (QED) is 0.731. The van der Waals surface area contributed by atoms with Crippen LogP contribution in [0.1, 0.15) is 30.0 Å². The standard InChI is InChI=1S/C20H22O3/c1-4-7-17-16(15-9-6-5-8-14(15)12-21)10-11-18-19(17)13(2)20(22-3)23-18/h5-6,8-11,21H,4,7,12H2,1-3H3. The number of rotatable bonds is 5. The number of furan rings is 1. The second kappa shape index (κ2) is 6.47. The number of benzene rings is 2. The van der Waals surface area contributed by atoms with Gasteiger partial charge in [0, 0.05) is 10.9 Å². The van der Waals surface area contributed by atoms with Crippen molar-refractivity contribution in [3.8, 4) is 17.1 Å². The van der Waals surface area contributed by atoms with Gasteiger partial charge in [-0.25, -0.2) is 0 Å². The Balaban J connectivity index is 2.32. The lowest BCUT2D eigenvalue weighted by Gasteiger charge is -2.14. The van der Waals surface area contributed by atoms with Gasteiger partial charge in [0.1, 0.15) is 5.58 Å². The van der Waals surface area contributed by atoms with Crippen LogP contribution in [0.2, 0.25) is 0 Å². The van der Waals surface area contributed by atoms with E-state index in [-0.39, 0.29) is 6.61 Å². The topological polar surface area (TPSA) is 42.6 Å². The Bertz CT molecular complexity index is 830. The Morgan fingerprint density at radius 2 is 1.87 bits per heavy atom. The maximum atomic E-state index is 9.67. The average Bonchev–Trinajstić information content (AvgIpc) is 2.92. The molecule has 0 amide bonds. The van der Waals surface area contributed by atoms with Crippen molar-refractivity contribution in [2.75, 3.05) is 7.11 Å². The zero-order chi connectivity index (χ0) is 16.4. The average molecular weight is 310 g/mol. The molecule has 1 aromatic heterocycles. The minimum absolute atomic E-state index is 0.0352. The van der Waals surface area contributed by atoms with Crippen LogP contribution < -0.4 is 4.74 Å². The van der Waals surface area contributed by atoms with Crippen LogP contribution in [0.25, 0.3) is 22.1 Å². The maximum absolute atomic E-state index is 9.67. The molecule has 0 saturated heterocycles. The Morgan fingerprint density at radius 3 is 2.57 bits per heavy atom. The van der Waals surface area contributed by atoms with Crippen LogP contribution in [-0.2, 0) is 13.0 Å². The van der Waals surface area contributed by atoms with Crippen LogP contribution in [0.4, 0.5) is 0 Å². The van der Waals surface area contributed by atoms with E-state index < -0.39 is 0 Å². The van der Waals surface area contributed by atoms with E-state index in [2.05, 4.69) is 19.1 Å². The van der Waals surface area contributed by atoms with Gasteiger partial charge < -0.3 is 14.3 Å². The van der Waals surface area contributed by atoms with E-state index in [4.69, 9.17) is 9.15 Å². The third-order valence-corrected chi connectivity index (χ3v) is 4.32. The van der Waals surface area contributed by atoms with Crippen molar-refractivity contribution < 1.29 is 14.3 Å². The monoisotopic (exact) mass is 310 g/mol. The van der Waals surface area contributed by atoms with Crippen LogP contribution in [0.15, 0.2) is 40.8 Å². The zero-order valence-corrected chi connectivity index (χ0v) is 13.8. The van der Waals surface area contributed by atoms with Crippen molar-refractivity contribution >= 4 is 11.0 Å². The summed E-state index contributed by atoms with van der Waals surface area (Å²) >= 11 is 0. The highest BCUT2D eigenvalue weighted by molar-refractivity contribution is 5.93. The molecule has 0 fully saturated rings. The summed E-state index contributed by atoms with van der Waals surface area (Å²) in [7, 11) is 1.63. The van der Waals surface area contributed by atoms with Crippen molar-refractivity contribution in [1.29, 1.82) is 0 Å². The van der Waals surface area contributed by atoms with E-state index in [1.54, 1.807) is 7.11 Å². The van der Waals surface area contributed by atoms with Gasteiger partial charge in [0.05, 0.1) is 13.7 Å². The van der Waals surface area contributed by atoms with Crippen molar-refractivity contribution in [1.82, 2.24) is 0 Å². The van der Waals surface area contributed by atoms with E-state index >= 15 is 0 Å². The third kappa shape index (κ3) is 2.62. The second-order valence-electron chi connectivity index (χ2n) is 5.75. The Labute approximate surface area is 136 Å². The Hall–Kier alpha value is -2.26. The van der Waals surface area contributed by atoms with E-state index in [0.29, 0.717) is 5.95 Å². The van der Waals surface area contributed by atoms with Crippen molar-refractivity contribution in [2.24, 2.45) is 0 Å². The summed E-state index contributed by atoms with van der Waals surface area (Å²) in [6.45, 7) is 4.24. The summed E-state index contributed by atoms with van der Waals surface area (Å²) in [5, 5.41) is 10.8. The minimum atomic E-state index is 0.0352. The van der Waals surface area contributed by atoms with Crippen molar-refractivity contribution in [2.45, 2.75) is 33.3 Å². The minimum Gasteiger partial charge on any atom is -0.468 e. The molecule has 1 heterocycles. The number of fused-ring (bicyclic) bond motifs is 1. The highest BCUT2D eigenvalue weighted by Crippen LogP contribution is 2.39. The summed E-state index contributed by atoms with van der Waals surface area (Å²) in [6, 6.07) is 12.1. The SMILES string of the molecule is CCCc1c(-c2ccccc2CO)ccc2oc(OC)c(C)c12. The van der Waals surface area contributed by atoms with Crippen LogP contribution in [0.5, 0.6) is 5.95 Å². The second-order valence-corrected chi connectivity index (χ2v) is 5.75. The predicted molar refractivity (Wildman–Crippen MR) is 92.9 cm³/mol. The first-order valence-corrected chi connectivity index (χ1v) is 7.99. The Morgan fingerprint density at radius 1 is 1.09 bits per heavy atom. The maximum Gasteiger partial charge on any atom is 0.288 e. The van der Waals surface area contributed by atoms with E-state index in [1.807, 2.05) is 31.2 Å². The number of methoxy groups -OCH3 is 1. The van der Waals surface area contributed by atoms with Gasteiger partial charge in [-0.2, -0.15) is 0 Å². The van der Waals surface area contributed by atoms with Gasteiger partial charge in [-0.1, -0.05) is 43.7 Å². The molecular weight excluding hydrogens is 288 g/mol. The first-order valence-electron chi connectivity index (χ1n) is 7.99. The van der Waals surface area contributed by atoms with Gasteiger partial charge in [0.15, 0.2) is 0 Å². The molecule has 3 heteroatoms. The van der Waals surface area contributed by atoms with Gasteiger partial charge in [0.25, 0.3) is 5.95 Å². The number of hydrogen-bond acceptors (Lipinski definition) is 3. The molecule has 0 saturated carbocycles. The first kappa shape index (κ1) is 15.6. The van der Waals surface area contributed by atoms with Crippen molar-refractivity contribution in [3.63, 3.8) is 0 Å². The normalized spacial score (nSPS) is 11.1. The lowest BCUT2D eigenvalue weighted by Crippen LogP contribution is -1.95. The van der Waals surface area contributed by atoms with Gasteiger partial charge in [-0.15, -0.1) is 0 Å². The fraction of sp³-hybridized carbons (Fsp3) is 0.300. The third-order valence-electron chi connectivity index (χ3n) is 4.32. The lowest BCUT2D eigenvalue weighted by molar-refractivity contribution is 0.282. The summed E-state index contributed by atoms with van der Waals surface area (Å²) in [6.07, 6.45) is 2.00. The molecule has 0 aliphatic heterocycles. The van der Waals surface area contributed by atoms with Crippen LogP contribution >= 0.6 is 0 Å². The summed E-state index contributed by atoms with van der Waals surface area (Å²) in [5.41, 5.74) is 6.34. The molecule has 0 atom stereocenters. The van der Waals surface area contributed by atoms with Gasteiger partial charge in [0.2, 0.25) is 0 Å². The number of aryl methyl sites for hydroxylation is 2. The largest absolute Gasteiger partial charge is 0.468 e. The number of aliphatic hydroxyl groups excluding tert-OH is 1. The molecule has 120 valence electrons. The van der Waals surface area contributed by atoms with Crippen LogP contribution in [0.3, 0.4) is 0 Å². The highest BCUT2D eigenvalue weighted by atomic mass is 16.6. The molecule has 0 aliphatic rings. The summed E-state index contributed by atoms with van der Waals surface area (Å²) in [5.74, 6) is 0.574. The summed E-state index contributed by atoms with van der Waals surface area (Å²) in [4.78, 5) is 0. The van der Waals surface area contributed by atoms with Crippen LogP contribution in [0, 0.1) is 6.92 Å². The fourth-order valence-electron chi connectivity index (χ4n) is 3.28. The van der Waals surface area contributed by atoms with Gasteiger partial charge >= 0.3 is 0 Å². The molecule has 0 spiro atoms. The molecule has 0 aliphatic carbocycles. The van der Waals surface area contributed by atoms with E-state index in [0.717, 1.165) is 46.1 Å². The Kier molecular flexibility index (Phi) is 4.39. The van der Waals surface area contributed by atoms with Gasteiger partial charge in [-0.05, 0) is 41.7 Å². The molecule has 3 rings (SSSR count). The molecular formula is C20H22O3.